The number of carbonyl (C=O) groups is 1. The van der Waals surface area contributed by atoms with E-state index in [0.717, 1.165) is 18.6 Å². The van der Waals surface area contributed by atoms with Gasteiger partial charge in [0.05, 0.1) is 4.90 Å². The van der Waals surface area contributed by atoms with E-state index in [0.29, 0.717) is 18.4 Å². The molecular weight excluding hydrogens is 435 g/mol. The number of rotatable bonds is 7. The Morgan fingerprint density at radius 3 is 2.65 bits per heavy atom. The molecule has 11 heteroatoms. The number of alkyl halides is 3. The molecule has 7 nitrogen and oxygen atoms in total. The minimum absolute atomic E-state index is 0.0565. The third-order valence-electron chi connectivity index (χ3n) is 4.42. The Hall–Kier alpha value is -3.08. The highest BCUT2D eigenvalue weighted by atomic mass is 32.2. The summed E-state index contributed by atoms with van der Waals surface area (Å²) in [5.74, 6) is -0.992. The van der Waals surface area contributed by atoms with Crippen molar-refractivity contribution >= 4 is 27.5 Å². The summed E-state index contributed by atoms with van der Waals surface area (Å²) in [6, 6.07) is 10.2. The number of aliphatic imine (C=N–C) groups is 1. The molecule has 0 aliphatic carbocycles. The van der Waals surface area contributed by atoms with Crippen LogP contribution in [0.5, 0.6) is 5.75 Å². The number of amides is 1. The van der Waals surface area contributed by atoms with E-state index >= 15 is 0 Å². The Morgan fingerprint density at radius 1 is 1.19 bits per heavy atom. The van der Waals surface area contributed by atoms with Gasteiger partial charge in [-0.1, -0.05) is 38.0 Å². The van der Waals surface area contributed by atoms with Crippen molar-refractivity contribution in [3.8, 4) is 5.75 Å². The number of unbranched alkanes of at least 4 members (excludes halogenated alkanes) is 1. The average Bonchev–Trinajstić information content (AvgIpc) is 2.94. The average molecular weight is 455 g/mol. The molecule has 166 valence electrons. The van der Waals surface area contributed by atoms with Crippen molar-refractivity contribution in [2.24, 2.45) is 4.99 Å². The number of nitrogens with one attached hydrogen (secondary N) is 2. The fraction of sp³-hybridized carbons (Fsp3) is 0.300. The van der Waals surface area contributed by atoms with Gasteiger partial charge in [0, 0.05) is 17.3 Å². The van der Waals surface area contributed by atoms with Crippen LogP contribution < -0.4 is 14.8 Å². The van der Waals surface area contributed by atoms with Gasteiger partial charge in [0.1, 0.15) is 17.6 Å². The lowest BCUT2D eigenvalue weighted by Crippen LogP contribution is -2.30. The number of halogens is 3. The highest BCUT2D eigenvalue weighted by Gasteiger charge is 2.32. The van der Waals surface area contributed by atoms with Crippen LogP contribution in [0.15, 0.2) is 58.4 Å². The lowest BCUT2D eigenvalue weighted by molar-refractivity contribution is -0.274. The van der Waals surface area contributed by atoms with Crippen LogP contribution in [-0.2, 0) is 14.8 Å². The Labute approximate surface area is 177 Å². The van der Waals surface area contributed by atoms with Crippen LogP contribution in [-0.4, -0.2) is 32.6 Å². The SMILES string of the molecule is CCCCC(N=C1NS(=O)(=O)c2ccccc21)C(=O)Nc1cccc(OC(F)(F)F)c1. The number of amidine groups is 1. The maximum absolute atomic E-state index is 12.8. The van der Waals surface area contributed by atoms with Gasteiger partial charge in [-0.25, -0.2) is 8.42 Å². The Morgan fingerprint density at radius 2 is 1.94 bits per heavy atom. The van der Waals surface area contributed by atoms with Gasteiger partial charge in [0.25, 0.3) is 10.0 Å². The van der Waals surface area contributed by atoms with Crippen LogP contribution in [0.3, 0.4) is 0 Å². The Balaban J connectivity index is 1.85. The van der Waals surface area contributed by atoms with Crippen molar-refractivity contribution in [1.82, 2.24) is 4.72 Å². The number of benzene rings is 2. The summed E-state index contributed by atoms with van der Waals surface area (Å²) in [5, 5.41) is 2.53. The number of sulfonamides is 1. The van der Waals surface area contributed by atoms with Gasteiger partial charge in [-0.15, -0.1) is 13.2 Å². The number of anilines is 1. The molecule has 0 radical (unpaired) electrons. The fourth-order valence-corrected chi connectivity index (χ4v) is 4.27. The van der Waals surface area contributed by atoms with Gasteiger partial charge < -0.3 is 10.1 Å². The fourth-order valence-electron chi connectivity index (χ4n) is 3.03. The summed E-state index contributed by atoms with van der Waals surface area (Å²) in [4.78, 5) is 17.2. The van der Waals surface area contributed by atoms with Crippen molar-refractivity contribution in [1.29, 1.82) is 0 Å². The molecule has 1 atom stereocenters. The van der Waals surface area contributed by atoms with Crippen LogP contribution >= 0.6 is 0 Å². The van der Waals surface area contributed by atoms with Gasteiger partial charge in [-0.05, 0) is 30.7 Å². The molecule has 0 aromatic heterocycles. The molecule has 0 fully saturated rings. The third kappa shape index (κ3) is 5.75. The largest absolute Gasteiger partial charge is 0.573 e. The first-order valence-corrected chi connectivity index (χ1v) is 10.9. The molecule has 2 N–H and O–H groups in total. The van der Waals surface area contributed by atoms with E-state index in [1.807, 2.05) is 6.92 Å². The van der Waals surface area contributed by atoms with Crippen molar-refractivity contribution in [3.05, 3.63) is 54.1 Å². The van der Waals surface area contributed by atoms with Crippen LogP contribution in [0.1, 0.15) is 31.7 Å². The maximum Gasteiger partial charge on any atom is 0.573 e. The molecule has 1 heterocycles. The first-order chi connectivity index (χ1) is 14.6. The van der Waals surface area contributed by atoms with E-state index in [1.165, 1.54) is 18.2 Å². The van der Waals surface area contributed by atoms with Crippen molar-refractivity contribution < 1.29 is 31.1 Å². The van der Waals surface area contributed by atoms with Crippen molar-refractivity contribution in [3.63, 3.8) is 0 Å². The van der Waals surface area contributed by atoms with Crippen LogP contribution in [0.2, 0.25) is 0 Å². The third-order valence-corrected chi connectivity index (χ3v) is 5.81. The summed E-state index contributed by atoms with van der Waals surface area (Å²) < 4.78 is 68.1. The number of hydrogen-bond acceptors (Lipinski definition) is 5. The molecule has 2 aromatic carbocycles. The van der Waals surface area contributed by atoms with Gasteiger partial charge in [-0.3, -0.25) is 14.5 Å². The molecule has 31 heavy (non-hydrogen) atoms. The standard InChI is InChI=1S/C20H20F3N3O4S/c1-2-3-10-16(25-18-15-9-4-5-11-17(15)31(28,29)26-18)19(27)24-13-7-6-8-14(12-13)30-20(21,22)23/h4-9,11-12,16H,2-3,10H2,1H3,(H,24,27)(H,25,26). The summed E-state index contributed by atoms with van der Waals surface area (Å²) in [6.45, 7) is 1.92. The molecule has 2 aromatic rings. The van der Waals surface area contributed by atoms with Crippen LogP contribution in [0, 0.1) is 0 Å². The van der Waals surface area contributed by atoms with E-state index in [2.05, 4.69) is 19.8 Å². The highest BCUT2D eigenvalue weighted by Crippen LogP contribution is 2.26. The minimum Gasteiger partial charge on any atom is -0.406 e. The van der Waals surface area contributed by atoms with Crippen LogP contribution in [0.25, 0.3) is 0 Å². The summed E-state index contributed by atoms with van der Waals surface area (Å²) in [5.41, 5.74) is 0.457. The monoisotopic (exact) mass is 455 g/mol. The van der Waals surface area contributed by atoms with E-state index in [-0.39, 0.29) is 16.4 Å². The van der Waals surface area contributed by atoms with E-state index in [9.17, 15) is 26.4 Å². The summed E-state index contributed by atoms with van der Waals surface area (Å²) >= 11 is 0. The lowest BCUT2D eigenvalue weighted by Gasteiger charge is -2.15. The van der Waals surface area contributed by atoms with Gasteiger partial charge >= 0.3 is 6.36 Å². The molecular formula is C20H20F3N3O4S. The maximum atomic E-state index is 12.8. The quantitative estimate of drug-likeness (QED) is 0.663. The molecule has 0 bridgehead atoms. The second kappa shape index (κ2) is 8.96. The predicted octanol–water partition coefficient (Wildman–Crippen LogP) is 3.82. The number of hydrogen-bond donors (Lipinski definition) is 2. The normalized spacial score (nSPS) is 17.0. The number of carbonyl (C=O) groups excluding carboxylic acids is 1. The first kappa shape index (κ1) is 22.6. The van der Waals surface area contributed by atoms with Crippen molar-refractivity contribution in [2.45, 2.75) is 43.5 Å². The molecule has 1 unspecified atom stereocenters. The Bertz CT molecular complexity index is 1100. The topological polar surface area (TPSA) is 96.9 Å². The second-order valence-corrected chi connectivity index (χ2v) is 8.45. The second-order valence-electron chi connectivity index (χ2n) is 6.80. The minimum atomic E-state index is -4.86. The molecule has 1 aliphatic rings. The molecule has 1 amide bonds. The number of fused-ring (bicyclic) bond motifs is 1. The molecule has 0 saturated carbocycles. The van der Waals surface area contributed by atoms with E-state index in [1.54, 1.807) is 18.2 Å². The van der Waals surface area contributed by atoms with Gasteiger partial charge in [-0.2, -0.15) is 0 Å². The van der Waals surface area contributed by atoms with E-state index in [4.69, 9.17) is 0 Å². The summed E-state index contributed by atoms with van der Waals surface area (Å²) in [7, 11) is -3.76. The van der Waals surface area contributed by atoms with Gasteiger partial charge in [0.2, 0.25) is 5.91 Å². The zero-order valence-electron chi connectivity index (χ0n) is 16.4. The molecule has 3 rings (SSSR count). The first-order valence-electron chi connectivity index (χ1n) is 9.46. The highest BCUT2D eigenvalue weighted by molar-refractivity contribution is 7.90. The summed E-state index contributed by atoms with van der Waals surface area (Å²) in [6.07, 6.45) is -3.12. The lowest BCUT2D eigenvalue weighted by atomic mass is 10.1. The molecule has 0 saturated heterocycles. The zero-order valence-corrected chi connectivity index (χ0v) is 17.3. The number of ether oxygens (including phenoxy) is 1. The smallest absolute Gasteiger partial charge is 0.406 e. The van der Waals surface area contributed by atoms with Crippen LogP contribution in [0.4, 0.5) is 18.9 Å². The molecule has 1 aliphatic heterocycles. The van der Waals surface area contributed by atoms with Gasteiger partial charge in [0.15, 0.2) is 0 Å². The zero-order chi connectivity index (χ0) is 22.6. The predicted molar refractivity (Wildman–Crippen MR) is 108 cm³/mol. The Kier molecular flexibility index (Phi) is 6.54. The number of nitrogens with zero attached hydrogens (tertiary/aromatic N) is 1. The van der Waals surface area contributed by atoms with E-state index < -0.39 is 34.1 Å². The van der Waals surface area contributed by atoms with Crippen molar-refractivity contribution in [2.75, 3.05) is 5.32 Å². The molecule has 0 spiro atoms.